The molecule has 0 aliphatic carbocycles. The van der Waals surface area contributed by atoms with E-state index in [1.807, 2.05) is 0 Å². The summed E-state index contributed by atoms with van der Waals surface area (Å²) in [5.74, 6) is 1.08. The Labute approximate surface area is 145 Å². The second-order valence-corrected chi connectivity index (χ2v) is 13.7. The molecule has 2 atom stereocenters. The summed E-state index contributed by atoms with van der Waals surface area (Å²) in [6.45, 7) is 13.6. The van der Waals surface area contributed by atoms with Crippen LogP contribution in [0, 0.1) is 11.3 Å². The van der Waals surface area contributed by atoms with Crippen LogP contribution in [-0.4, -0.2) is 36.9 Å². The maximum absolute atomic E-state index is 12.0. The Hall–Kier alpha value is 0.437. The third kappa shape index (κ3) is 6.21. The monoisotopic (exact) mass is 365 g/mol. The predicted octanol–water partition coefficient (Wildman–Crippen LogP) is 3.17. The molecule has 0 aromatic carbocycles. The van der Waals surface area contributed by atoms with Crippen molar-refractivity contribution in [2.24, 2.45) is 11.3 Å². The van der Waals surface area contributed by atoms with E-state index < -0.39 is 9.76 Å². The molecule has 0 spiro atoms. The number of rotatable bonds is 6. The van der Waals surface area contributed by atoms with E-state index in [4.69, 9.17) is 16.6 Å². The Balaban J connectivity index is 2.54. The molecule has 1 rings (SSSR count). The molecule has 7 heteroatoms. The highest BCUT2D eigenvalue weighted by Crippen LogP contribution is 2.41. The van der Waals surface area contributed by atoms with Gasteiger partial charge in [0, 0.05) is 12.0 Å². The van der Waals surface area contributed by atoms with Crippen LogP contribution in [0.4, 0.5) is 0 Å². The van der Waals surface area contributed by atoms with E-state index in [0.29, 0.717) is 6.61 Å². The lowest BCUT2D eigenvalue weighted by Crippen LogP contribution is -2.62. The van der Waals surface area contributed by atoms with Crippen molar-refractivity contribution in [3.8, 4) is 0 Å². The van der Waals surface area contributed by atoms with Crippen LogP contribution in [0.5, 0.6) is 0 Å². The summed E-state index contributed by atoms with van der Waals surface area (Å²) in [4.78, 5) is 12.0. The standard InChI is InChI=1S/C14H27NO2S3Si/c1-7-19-12(18)20-11-9(10(16)15-11)14(5,6)8-17-21-13(2,3)4/h9,11H,7-8,21H2,1-6H3,(H,15,16). The van der Waals surface area contributed by atoms with Gasteiger partial charge in [-0.05, 0) is 10.8 Å². The van der Waals surface area contributed by atoms with E-state index in [2.05, 4.69) is 46.9 Å². The van der Waals surface area contributed by atoms with Crippen molar-refractivity contribution in [2.45, 2.75) is 52.0 Å². The summed E-state index contributed by atoms with van der Waals surface area (Å²) in [5.41, 5.74) is -0.148. The largest absolute Gasteiger partial charge is 0.423 e. The van der Waals surface area contributed by atoms with E-state index >= 15 is 0 Å². The molecule has 0 saturated carbocycles. The molecule has 1 fully saturated rings. The van der Waals surface area contributed by atoms with Crippen LogP contribution in [0.25, 0.3) is 0 Å². The molecule has 1 aliphatic heterocycles. The van der Waals surface area contributed by atoms with Crippen molar-refractivity contribution in [3.05, 3.63) is 0 Å². The summed E-state index contributed by atoms with van der Waals surface area (Å²) in [6, 6.07) is 0. The second kappa shape index (κ2) is 7.81. The number of carbonyl (C=O) groups is 1. The van der Waals surface area contributed by atoms with E-state index in [1.165, 1.54) is 0 Å². The van der Waals surface area contributed by atoms with E-state index in [-0.39, 0.29) is 27.7 Å². The zero-order chi connectivity index (χ0) is 16.3. The Morgan fingerprint density at radius 2 is 2.00 bits per heavy atom. The fourth-order valence-electron chi connectivity index (χ4n) is 2.18. The molecule has 1 heterocycles. The first kappa shape index (κ1) is 19.5. The van der Waals surface area contributed by atoms with Crippen molar-refractivity contribution in [1.29, 1.82) is 0 Å². The average molecular weight is 366 g/mol. The van der Waals surface area contributed by atoms with E-state index in [9.17, 15) is 4.79 Å². The molecule has 3 nitrogen and oxygen atoms in total. The Morgan fingerprint density at radius 3 is 2.48 bits per heavy atom. The fraction of sp³-hybridized carbons (Fsp3) is 0.857. The molecule has 2 unspecified atom stereocenters. The summed E-state index contributed by atoms with van der Waals surface area (Å²) >= 11 is 8.60. The van der Waals surface area contributed by atoms with Crippen LogP contribution < -0.4 is 5.32 Å². The summed E-state index contributed by atoms with van der Waals surface area (Å²) in [5, 5.41) is 3.35. The van der Waals surface area contributed by atoms with E-state index in [0.717, 1.165) is 9.28 Å². The summed E-state index contributed by atoms with van der Waals surface area (Å²) < 4.78 is 6.89. The maximum Gasteiger partial charge on any atom is 0.227 e. The lowest BCUT2D eigenvalue weighted by molar-refractivity contribution is -0.138. The molecule has 1 saturated heterocycles. The zero-order valence-corrected chi connectivity index (χ0v) is 17.7. The molecule has 0 radical (unpaired) electrons. The second-order valence-electron chi connectivity index (χ2n) is 7.25. The zero-order valence-electron chi connectivity index (χ0n) is 13.8. The lowest BCUT2D eigenvalue weighted by atomic mass is 9.75. The highest BCUT2D eigenvalue weighted by Gasteiger charge is 2.49. The van der Waals surface area contributed by atoms with Crippen molar-refractivity contribution in [1.82, 2.24) is 5.32 Å². The number of hydrogen-bond donors (Lipinski definition) is 1. The fourth-order valence-corrected chi connectivity index (χ4v) is 6.27. The van der Waals surface area contributed by atoms with Gasteiger partial charge < -0.3 is 9.74 Å². The van der Waals surface area contributed by atoms with Crippen LogP contribution in [-0.2, 0) is 9.22 Å². The van der Waals surface area contributed by atoms with Crippen molar-refractivity contribution in [2.75, 3.05) is 12.4 Å². The number of thiocarbonyl (C=S) groups is 1. The van der Waals surface area contributed by atoms with Gasteiger partial charge in [-0.15, -0.1) is 11.8 Å². The highest BCUT2D eigenvalue weighted by atomic mass is 32.2. The first-order chi connectivity index (χ1) is 9.57. The minimum atomic E-state index is -0.578. The van der Waals surface area contributed by atoms with Gasteiger partial charge in [-0.3, -0.25) is 4.79 Å². The first-order valence-electron chi connectivity index (χ1n) is 7.28. The molecule has 0 aromatic heterocycles. The molecule has 0 bridgehead atoms. The third-order valence-corrected chi connectivity index (χ3v) is 7.13. The minimum absolute atomic E-state index is 0.0214. The lowest BCUT2D eigenvalue weighted by Gasteiger charge is -2.45. The molecular weight excluding hydrogens is 338 g/mol. The number of amides is 1. The van der Waals surface area contributed by atoms with Crippen LogP contribution in [0.1, 0.15) is 41.5 Å². The van der Waals surface area contributed by atoms with Crippen LogP contribution in [0.2, 0.25) is 5.04 Å². The SMILES string of the molecule is CCSC(=S)SC1NC(=O)C1C(C)(C)CO[SiH2]C(C)(C)C. The molecule has 1 N–H and O–H groups in total. The average Bonchev–Trinajstić information content (AvgIpc) is 2.24. The molecule has 122 valence electrons. The van der Waals surface area contributed by atoms with Gasteiger partial charge in [0.2, 0.25) is 5.91 Å². The van der Waals surface area contributed by atoms with Crippen LogP contribution in [0.15, 0.2) is 0 Å². The summed E-state index contributed by atoms with van der Waals surface area (Å²) in [7, 11) is -0.578. The van der Waals surface area contributed by atoms with Gasteiger partial charge in [0.1, 0.15) is 3.53 Å². The molecule has 1 aliphatic rings. The predicted molar refractivity (Wildman–Crippen MR) is 102 cm³/mol. The number of thioether (sulfide) groups is 2. The van der Waals surface area contributed by atoms with Gasteiger partial charge >= 0.3 is 0 Å². The smallest absolute Gasteiger partial charge is 0.227 e. The van der Waals surface area contributed by atoms with Crippen molar-refractivity contribution in [3.63, 3.8) is 0 Å². The van der Waals surface area contributed by atoms with Crippen LogP contribution in [0.3, 0.4) is 0 Å². The number of β-lactam (4-membered cyclic amide) rings is 1. The van der Waals surface area contributed by atoms with E-state index in [1.54, 1.807) is 23.5 Å². The molecule has 0 aromatic rings. The van der Waals surface area contributed by atoms with Gasteiger partial charge in [0.05, 0.1) is 11.3 Å². The quantitative estimate of drug-likeness (QED) is 0.445. The van der Waals surface area contributed by atoms with Gasteiger partial charge in [0.25, 0.3) is 0 Å². The van der Waals surface area contributed by atoms with Gasteiger partial charge in [-0.2, -0.15) is 0 Å². The van der Waals surface area contributed by atoms with Crippen molar-refractivity contribution >= 4 is 54.9 Å². The van der Waals surface area contributed by atoms with Crippen molar-refractivity contribution < 1.29 is 9.22 Å². The Bertz CT molecular complexity index is 396. The van der Waals surface area contributed by atoms with Gasteiger partial charge in [0.15, 0.2) is 9.76 Å². The highest BCUT2D eigenvalue weighted by molar-refractivity contribution is 8.47. The topological polar surface area (TPSA) is 38.3 Å². The minimum Gasteiger partial charge on any atom is -0.423 e. The number of hydrogen-bond acceptors (Lipinski definition) is 5. The first-order valence-corrected chi connectivity index (χ1v) is 10.8. The van der Waals surface area contributed by atoms with Gasteiger partial charge in [-0.25, -0.2) is 0 Å². The maximum atomic E-state index is 12.0. The molecule has 1 amide bonds. The Kier molecular flexibility index (Phi) is 7.25. The van der Waals surface area contributed by atoms with Crippen LogP contribution >= 0.6 is 35.7 Å². The third-order valence-electron chi connectivity index (χ3n) is 3.21. The molecule has 21 heavy (non-hydrogen) atoms. The number of carbonyl (C=O) groups excluding carboxylic acids is 1. The molecular formula is C14H27NO2S3Si. The summed E-state index contributed by atoms with van der Waals surface area (Å²) in [6.07, 6.45) is 0. The normalized spacial score (nSPS) is 23.2. The van der Waals surface area contributed by atoms with Gasteiger partial charge in [-0.1, -0.05) is 65.5 Å². The Morgan fingerprint density at radius 1 is 1.38 bits per heavy atom. The number of nitrogens with one attached hydrogen (secondary N) is 1.